The Kier molecular flexibility index (Phi) is 6.45. The lowest BCUT2D eigenvalue weighted by Crippen LogP contribution is -2.48. The molecule has 2 aromatic carbocycles. The molecule has 0 N–H and O–H groups in total. The monoisotopic (exact) mass is 445 g/mol. The molecule has 168 valence electrons. The SMILES string of the molecule is Cc1onc(C(=O)N2CCN(Cc3ccccc3F)CC2)c1COc1ccc(F)cc1F. The van der Waals surface area contributed by atoms with E-state index in [0.29, 0.717) is 49.6 Å². The third-order valence-corrected chi connectivity index (χ3v) is 5.46. The molecule has 1 aliphatic rings. The van der Waals surface area contributed by atoms with E-state index in [9.17, 15) is 18.0 Å². The van der Waals surface area contributed by atoms with E-state index in [2.05, 4.69) is 10.1 Å². The van der Waals surface area contributed by atoms with Gasteiger partial charge in [0.1, 0.15) is 24.0 Å². The van der Waals surface area contributed by atoms with Crippen molar-refractivity contribution >= 4 is 5.91 Å². The van der Waals surface area contributed by atoms with Gasteiger partial charge in [0, 0.05) is 44.4 Å². The number of halogens is 3. The highest BCUT2D eigenvalue weighted by molar-refractivity contribution is 5.93. The van der Waals surface area contributed by atoms with Crippen molar-refractivity contribution in [2.75, 3.05) is 26.2 Å². The number of rotatable bonds is 6. The van der Waals surface area contributed by atoms with Crippen LogP contribution in [0.5, 0.6) is 5.75 Å². The van der Waals surface area contributed by atoms with Crippen molar-refractivity contribution in [2.45, 2.75) is 20.1 Å². The minimum Gasteiger partial charge on any atom is -0.486 e. The van der Waals surface area contributed by atoms with Crippen molar-refractivity contribution in [3.63, 3.8) is 0 Å². The number of carbonyl (C=O) groups excluding carboxylic acids is 1. The van der Waals surface area contributed by atoms with Gasteiger partial charge in [-0.15, -0.1) is 0 Å². The Labute approximate surface area is 183 Å². The fraction of sp³-hybridized carbons (Fsp3) is 0.304. The molecule has 0 radical (unpaired) electrons. The molecule has 32 heavy (non-hydrogen) atoms. The number of hydrogen-bond donors (Lipinski definition) is 0. The summed E-state index contributed by atoms with van der Waals surface area (Å²) < 4.78 is 51.4. The minimum absolute atomic E-state index is 0.104. The highest BCUT2D eigenvalue weighted by Gasteiger charge is 2.28. The zero-order valence-corrected chi connectivity index (χ0v) is 17.5. The summed E-state index contributed by atoms with van der Waals surface area (Å²) in [5, 5.41) is 3.87. The highest BCUT2D eigenvalue weighted by atomic mass is 19.1. The lowest BCUT2D eigenvalue weighted by Gasteiger charge is -2.34. The Morgan fingerprint density at radius 1 is 1.06 bits per heavy atom. The van der Waals surface area contributed by atoms with Crippen LogP contribution in [0.1, 0.15) is 27.4 Å². The van der Waals surface area contributed by atoms with Gasteiger partial charge < -0.3 is 14.2 Å². The molecule has 6 nitrogen and oxygen atoms in total. The Hall–Kier alpha value is -3.33. The standard InChI is InChI=1S/C23H22F3N3O3/c1-15-18(14-31-21-7-6-17(24)12-20(21)26)22(27-32-15)23(30)29-10-8-28(9-11-29)13-16-4-2-3-5-19(16)25/h2-7,12H,8-11,13-14H2,1H3. The normalized spacial score (nSPS) is 14.6. The smallest absolute Gasteiger partial charge is 0.276 e. The van der Waals surface area contributed by atoms with Gasteiger partial charge in [0.15, 0.2) is 17.3 Å². The van der Waals surface area contributed by atoms with Gasteiger partial charge in [-0.2, -0.15) is 0 Å². The van der Waals surface area contributed by atoms with Crippen LogP contribution in [0.4, 0.5) is 13.2 Å². The molecule has 3 aromatic rings. The van der Waals surface area contributed by atoms with E-state index in [-0.39, 0.29) is 29.8 Å². The summed E-state index contributed by atoms with van der Waals surface area (Å²) in [4.78, 5) is 16.8. The number of benzene rings is 2. The first-order chi connectivity index (χ1) is 15.4. The zero-order chi connectivity index (χ0) is 22.7. The van der Waals surface area contributed by atoms with Crippen LogP contribution in [0.15, 0.2) is 47.0 Å². The van der Waals surface area contributed by atoms with E-state index < -0.39 is 11.6 Å². The summed E-state index contributed by atoms with van der Waals surface area (Å²) in [5.41, 5.74) is 1.13. The predicted molar refractivity (Wildman–Crippen MR) is 110 cm³/mol. The zero-order valence-electron chi connectivity index (χ0n) is 17.5. The van der Waals surface area contributed by atoms with Gasteiger partial charge in [0.05, 0.1) is 5.56 Å². The van der Waals surface area contributed by atoms with Crippen LogP contribution in [0.3, 0.4) is 0 Å². The number of aryl methyl sites for hydroxylation is 1. The lowest BCUT2D eigenvalue weighted by atomic mass is 10.1. The fourth-order valence-corrected chi connectivity index (χ4v) is 3.60. The second-order valence-corrected chi connectivity index (χ2v) is 7.59. The average Bonchev–Trinajstić information content (AvgIpc) is 3.15. The maximum atomic E-state index is 13.9. The number of hydrogen-bond acceptors (Lipinski definition) is 5. The summed E-state index contributed by atoms with van der Waals surface area (Å²) in [6.45, 7) is 4.04. The van der Waals surface area contributed by atoms with E-state index in [4.69, 9.17) is 9.26 Å². The maximum Gasteiger partial charge on any atom is 0.276 e. The van der Waals surface area contributed by atoms with E-state index in [1.807, 2.05) is 0 Å². The number of amides is 1. The van der Waals surface area contributed by atoms with Gasteiger partial charge in [0.2, 0.25) is 0 Å². The van der Waals surface area contributed by atoms with Crippen LogP contribution in [0.2, 0.25) is 0 Å². The Morgan fingerprint density at radius 3 is 2.53 bits per heavy atom. The Bertz CT molecular complexity index is 1110. The molecular weight excluding hydrogens is 423 g/mol. The highest BCUT2D eigenvalue weighted by Crippen LogP contribution is 2.23. The molecule has 1 aliphatic heterocycles. The molecule has 0 unspecified atom stereocenters. The first-order valence-electron chi connectivity index (χ1n) is 10.2. The molecular formula is C23H22F3N3O3. The quantitative estimate of drug-likeness (QED) is 0.575. The second-order valence-electron chi connectivity index (χ2n) is 7.59. The number of piperazine rings is 1. The van der Waals surface area contributed by atoms with Crippen LogP contribution in [-0.2, 0) is 13.2 Å². The topological polar surface area (TPSA) is 58.8 Å². The van der Waals surface area contributed by atoms with Gasteiger partial charge in [-0.25, -0.2) is 13.2 Å². The van der Waals surface area contributed by atoms with Gasteiger partial charge in [-0.3, -0.25) is 9.69 Å². The summed E-state index contributed by atoms with van der Waals surface area (Å²) >= 11 is 0. The van der Waals surface area contributed by atoms with Gasteiger partial charge in [-0.05, 0) is 25.1 Å². The van der Waals surface area contributed by atoms with Crippen molar-refractivity contribution in [1.82, 2.24) is 15.0 Å². The second kappa shape index (κ2) is 9.44. The van der Waals surface area contributed by atoms with Crippen LogP contribution in [-0.4, -0.2) is 47.0 Å². The van der Waals surface area contributed by atoms with Gasteiger partial charge in [0.25, 0.3) is 5.91 Å². The first kappa shape index (κ1) is 21.9. The van der Waals surface area contributed by atoms with Crippen LogP contribution >= 0.6 is 0 Å². The molecule has 4 rings (SSSR count). The summed E-state index contributed by atoms with van der Waals surface area (Å²) in [5.74, 6) is -1.85. The Morgan fingerprint density at radius 2 is 1.81 bits per heavy atom. The lowest BCUT2D eigenvalue weighted by molar-refractivity contribution is 0.0614. The van der Waals surface area contributed by atoms with E-state index >= 15 is 0 Å². The molecule has 0 aliphatic carbocycles. The van der Waals surface area contributed by atoms with E-state index in [1.165, 1.54) is 12.1 Å². The Balaban J connectivity index is 1.38. The molecule has 0 spiro atoms. The van der Waals surface area contributed by atoms with E-state index in [0.717, 1.165) is 12.1 Å². The largest absolute Gasteiger partial charge is 0.486 e. The number of aromatic nitrogens is 1. The van der Waals surface area contributed by atoms with Crippen molar-refractivity contribution in [3.8, 4) is 5.75 Å². The van der Waals surface area contributed by atoms with E-state index in [1.54, 1.807) is 30.0 Å². The predicted octanol–water partition coefficient (Wildman–Crippen LogP) is 3.94. The number of ether oxygens (including phenoxy) is 1. The summed E-state index contributed by atoms with van der Waals surface area (Å²) in [6, 6.07) is 9.64. The number of nitrogens with zero attached hydrogens (tertiary/aromatic N) is 3. The first-order valence-corrected chi connectivity index (χ1v) is 10.2. The number of carbonyl (C=O) groups is 1. The van der Waals surface area contributed by atoms with Gasteiger partial charge >= 0.3 is 0 Å². The molecule has 1 aromatic heterocycles. The third kappa shape index (κ3) is 4.77. The fourth-order valence-electron chi connectivity index (χ4n) is 3.60. The van der Waals surface area contributed by atoms with Crippen LogP contribution in [0.25, 0.3) is 0 Å². The molecule has 1 saturated heterocycles. The van der Waals surface area contributed by atoms with Crippen LogP contribution in [0, 0.1) is 24.4 Å². The van der Waals surface area contributed by atoms with Crippen molar-refractivity contribution in [2.24, 2.45) is 0 Å². The molecule has 1 fully saturated rings. The van der Waals surface area contributed by atoms with Crippen LogP contribution < -0.4 is 4.74 Å². The minimum atomic E-state index is -0.835. The molecule has 0 saturated carbocycles. The molecule has 0 atom stereocenters. The summed E-state index contributed by atoms with van der Waals surface area (Å²) in [6.07, 6.45) is 0. The molecule has 9 heteroatoms. The molecule has 0 bridgehead atoms. The molecule has 2 heterocycles. The van der Waals surface area contributed by atoms with Gasteiger partial charge in [-0.1, -0.05) is 23.4 Å². The maximum absolute atomic E-state index is 13.9. The summed E-state index contributed by atoms with van der Waals surface area (Å²) in [7, 11) is 0. The van der Waals surface area contributed by atoms with Crippen molar-refractivity contribution < 1.29 is 27.2 Å². The third-order valence-electron chi connectivity index (χ3n) is 5.46. The van der Waals surface area contributed by atoms with Crippen molar-refractivity contribution in [1.29, 1.82) is 0 Å². The molecule has 1 amide bonds. The van der Waals surface area contributed by atoms with Crippen molar-refractivity contribution in [3.05, 3.63) is 82.5 Å². The average molecular weight is 445 g/mol.